The van der Waals surface area contributed by atoms with Gasteiger partial charge in [-0.15, -0.1) is 0 Å². The molecule has 0 atom stereocenters. The van der Waals surface area contributed by atoms with E-state index in [0.29, 0.717) is 26.3 Å². The predicted molar refractivity (Wildman–Crippen MR) is 103 cm³/mol. The number of hydrogen-bond donors (Lipinski definition) is 1. The Morgan fingerprint density at radius 2 is 1.81 bits per heavy atom. The molecular weight excluding hydrogens is 421 g/mol. The number of hydrogen-bond acceptors (Lipinski definition) is 4. The van der Waals surface area contributed by atoms with Crippen LogP contribution in [-0.4, -0.2) is 32.2 Å². The fourth-order valence-corrected chi connectivity index (χ4v) is 2.99. The molecule has 5 nitrogen and oxygen atoms in total. The Morgan fingerprint density at radius 3 is 2.42 bits per heavy atom. The molecule has 1 aliphatic rings. The number of carbonyl (C=O) groups is 1. The third-order valence-electron chi connectivity index (χ3n) is 4.54. The zero-order chi connectivity index (χ0) is 22.6. The van der Waals surface area contributed by atoms with Crippen LogP contribution in [0, 0.1) is 23.0 Å². The summed E-state index contributed by atoms with van der Waals surface area (Å²) in [6, 6.07) is 7.36. The molecular formula is C21H16F5N3O2. The van der Waals surface area contributed by atoms with Crippen LogP contribution in [0.3, 0.4) is 0 Å². The number of halogens is 5. The average molecular weight is 437 g/mol. The lowest BCUT2D eigenvalue weighted by Gasteiger charge is -2.31. The maximum absolute atomic E-state index is 13.4. The molecule has 1 amide bonds. The van der Waals surface area contributed by atoms with Gasteiger partial charge in [0.1, 0.15) is 11.6 Å². The number of nitriles is 1. The highest BCUT2D eigenvalue weighted by Gasteiger charge is 2.32. The van der Waals surface area contributed by atoms with Gasteiger partial charge in [-0.05, 0) is 42.0 Å². The van der Waals surface area contributed by atoms with Crippen LogP contribution in [0.25, 0.3) is 6.08 Å². The summed E-state index contributed by atoms with van der Waals surface area (Å²) in [4.78, 5) is 14.2. The number of alkyl halides is 3. The van der Waals surface area contributed by atoms with Crippen molar-refractivity contribution in [2.75, 3.05) is 36.5 Å². The summed E-state index contributed by atoms with van der Waals surface area (Å²) in [5, 5.41) is 11.7. The van der Waals surface area contributed by atoms with Crippen LogP contribution in [0.5, 0.6) is 0 Å². The molecule has 1 aliphatic heterocycles. The molecule has 0 spiro atoms. The first-order valence-corrected chi connectivity index (χ1v) is 9.11. The van der Waals surface area contributed by atoms with Gasteiger partial charge in [-0.2, -0.15) is 18.4 Å². The molecule has 31 heavy (non-hydrogen) atoms. The summed E-state index contributed by atoms with van der Waals surface area (Å²) in [6.45, 7) is 1.26. The number of amides is 1. The number of ether oxygens (including phenoxy) is 1. The molecule has 10 heteroatoms. The third kappa shape index (κ3) is 5.38. The molecule has 162 valence electrons. The van der Waals surface area contributed by atoms with E-state index in [1.165, 1.54) is 6.07 Å². The number of morpholine rings is 1. The first-order valence-electron chi connectivity index (χ1n) is 9.11. The van der Waals surface area contributed by atoms with Crippen LogP contribution in [-0.2, 0) is 15.7 Å². The Morgan fingerprint density at radius 1 is 1.10 bits per heavy atom. The van der Waals surface area contributed by atoms with Crippen molar-refractivity contribution in [3.8, 4) is 6.07 Å². The Balaban J connectivity index is 1.92. The van der Waals surface area contributed by atoms with E-state index < -0.39 is 34.9 Å². The molecule has 2 aromatic rings. The fourth-order valence-electron chi connectivity index (χ4n) is 2.99. The number of nitrogens with zero attached hydrogens (tertiary/aromatic N) is 2. The highest BCUT2D eigenvalue weighted by atomic mass is 19.4. The van der Waals surface area contributed by atoms with E-state index in [9.17, 15) is 32.0 Å². The van der Waals surface area contributed by atoms with E-state index >= 15 is 0 Å². The Bertz CT molecular complexity index is 1050. The van der Waals surface area contributed by atoms with Gasteiger partial charge in [0.15, 0.2) is 11.6 Å². The number of rotatable bonds is 4. The number of nitrogens with one attached hydrogen (secondary N) is 1. The molecule has 0 unspecified atom stereocenters. The molecule has 1 saturated heterocycles. The minimum Gasteiger partial charge on any atom is -0.378 e. The van der Waals surface area contributed by atoms with E-state index in [-0.39, 0.29) is 16.9 Å². The van der Waals surface area contributed by atoms with Crippen molar-refractivity contribution in [2.45, 2.75) is 6.18 Å². The van der Waals surface area contributed by atoms with Crippen molar-refractivity contribution in [1.29, 1.82) is 5.26 Å². The van der Waals surface area contributed by atoms with Gasteiger partial charge in [-0.25, -0.2) is 8.78 Å². The average Bonchev–Trinajstić information content (AvgIpc) is 2.74. The molecule has 1 fully saturated rings. The summed E-state index contributed by atoms with van der Waals surface area (Å²) in [5.41, 5.74) is -1.03. The third-order valence-corrected chi connectivity index (χ3v) is 4.54. The van der Waals surface area contributed by atoms with Crippen molar-refractivity contribution in [3.63, 3.8) is 0 Å². The van der Waals surface area contributed by atoms with Crippen LogP contribution in [0.1, 0.15) is 11.1 Å². The lowest BCUT2D eigenvalue weighted by molar-refractivity contribution is -0.137. The summed E-state index contributed by atoms with van der Waals surface area (Å²) >= 11 is 0. The molecule has 0 aliphatic carbocycles. The van der Waals surface area contributed by atoms with Crippen molar-refractivity contribution >= 4 is 23.4 Å². The second-order valence-electron chi connectivity index (χ2n) is 6.63. The van der Waals surface area contributed by atoms with E-state index in [1.807, 2.05) is 0 Å². The monoisotopic (exact) mass is 437 g/mol. The fraction of sp³-hybridized carbons (Fsp3) is 0.238. The number of carbonyl (C=O) groups excluding carboxylic acids is 1. The molecule has 1 heterocycles. The SMILES string of the molecule is N#C/C(=C\c1ccc(F)c(F)c1)C(=O)Nc1ccc(C(F)(F)F)cc1N1CCOCC1. The van der Waals surface area contributed by atoms with Gasteiger partial charge >= 0.3 is 6.18 Å². The van der Waals surface area contributed by atoms with Crippen molar-refractivity contribution in [3.05, 3.63) is 64.7 Å². The first-order chi connectivity index (χ1) is 14.7. The molecule has 0 radical (unpaired) electrons. The normalized spacial score (nSPS) is 14.8. The molecule has 3 rings (SSSR count). The van der Waals surface area contributed by atoms with Gasteiger partial charge < -0.3 is 15.0 Å². The summed E-state index contributed by atoms with van der Waals surface area (Å²) in [7, 11) is 0. The molecule has 1 N–H and O–H groups in total. The number of anilines is 2. The van der Waals surface area contributed by atoms with Crippen molar-refractivity contribution in [1.82, 2.24) is 0 Å². The molecule has 0 bridgehead atoms. The van der Waals surface area contributed by atoms with E-state index in [0.717, 1.165) is 36.4 Å². The van der Waals surface area contributed by atoms with Gasteiger partial charge in [0.2, 0.25) is 0 Å². The smallest absolute Gasteiger partial charge is 0.378 e. The van der Waals surface area contributed by atoms with Gasteiger partial charge in [0.05, 0.1) is 30.2 Å². The Kier molecular flexibility index (Phi) is 6.56. The lowest BCUT2D eigenvalue weighted by atomic mass is 10.1. The van der Waals surface area contributed by atoms with Gasteiger partial charge in [0, 0.05) is 13.1 Å². The quantitative estimate of drug-likeness (QED) is 0.439. The van der Waals surface area contributed by atoms with Crippen LogP contribution >= 0.6 is 0 Å². The van der Waals surface area contributed by atoms with E-state index in [2.05, 4.69) is 5.32 Å². The molecule has 2 aromatic carbocycles. The minimum absolute atomic E-state index is 0.0753. The zero-order valence-electron chi connectivity index (χ0n) is 16.0. The van der Waals surface area contributed by atoms with E-state index in [1.54, 1.807) is 11.0 Å². The minimum atomic E-state index is -4.58. The topological polar surface area (TPSA) is 65.4 Å². The first kappa shape index (κ1) is 22.2. The van der Waals surface area contributed by atoms with Gasteiger partial charge in [-0.1, -0.05) is 6.07 Å². The van der Waals surface area contributed by atoms with Crippen molar-refractivity contribution < 1.29 is 31.5 Å². The molecule has 0 aromatic heterocycles. The Hall–Kier alpha value is -3.45. The molecule has 0 saturated carbocycles. The summed E-state index contributed by atoms with van der Waals surface area (Å²) in [5.74, 6) is -3.13. The van der Waals surface area contributed by atoms with Crippen LogP contribution < -0.4 is 10.2 Å². The summed E-state index contributed by atoms with van der Waals surface area (Å²) in [6.07, 6.45) is -3.52. The standard InChI is InChI=1S/C21H16F5N3O2/c22-16-3-1-13(10-17(16)23)9-14(12-27)20(30)28-18-4-2-15(21(24,25)26)11-19(18)29-5-7-31-8-6-29/h1-4,9-11H,5-8H2,(H,28,30)/b14-9+. The van der Waals surface area contributed by atoms with Crippen LogP contribution in [0.4, 0.5) is 33.3 Å². The maximum Gasteiger partial charge on any atom is 0.416 e. The van der Waals surface area contributed by atoms with Gasteiger partial charge in [0.25, 0.3) is 5.91 Å². The summed E-state index contributed by atoms with van der Waals surface area (Å²) < 4.78 is 71.2. The zero-order valence-corrected chi connectivity index (χ0v) is 16.0. The maximum atomic E-state index is 13.4. The Labute approximate surface area is 174 Å². The van der Waals surface area contributed by atoms with Crippen molar-refractivity contribution in [2.24, 2.45) is 0 Å². The van der Waals surface area contributed by atoms with Crippen LogP contribution in [0.15, 0.2) is 42.0 Å². The van der Waals surface area contributed by atoms with Crippen LogP contribution in [0.2, 0.25) is 0 Å². The highest BCUT2D eigenvalue weighted by Crippen LogP contribution is 2.36. The van der Waals surface area contributed by atoms with E-state index in [4.69, 9.17) is 4.74 Å². The second kappa shape index (κ2) is 9.14. The lowest BCUT2D eigenvalue weighted by Crippen LogP contribution is -2.37. The number of benzene rings is 2. The van der Waals surface area contributed by atoms with Gasteiger partial charge in [-0.3, -0.25) is 4.79 Å². The second-order valence-corrected chi connectivity index (χ2v) is 6.63. The highest BCUT2D eigenvalue weighted by molar-refractivity contribution is 6.10. The predicted octanol–water partition coefficient (Wildman–Crippen LogP) is 4.37. The largest absolute Gasteiger partial charge is 0.416 e.